The Morgan fingerprint density at radius 3 is 2.62 bits per heavy atom. The predicted molar refractivity (Wildman–Crippen MR) is 124 cm³/mol. The maximum atomic E-state index is 12.7. The zero-order chi connectivity index (χ0) is 22.5. The van der Waals surface area contributed by atoms with Crippen molar-refractivity contribution < 1.29 is 14.5 Å². The molecule has 160 valence electrons. The lowest BCUT2D eigenvalue weighted by atomic mass is 10.0. The van der Waals surface area contributed by atoms with Gasteiger partial charge in [0.1, 0.15) is 0 Å². The molecule has 0 unspecified atom stereocenters. The Kier molecular flexibility index (Phi) is 6.38. The quantitative estimate of drug-likeness (QED) is 0.177. The van der Waals surface area contributed by atoms with E-state index in [-0.39, 0.29) is 23.3 Å². The van der Waals surface area contributed by atoms with Crippen LogP contribution in [0.4, 0.5) is 16.5 Å². The highest BCUT2D eigenvalue weighted by molar-refractivity contribution is 8.01. The molecule has 0 saturated carbocycles. The van der Waals surface area contributed by atoms with Crippen LogP contribution in [0.3, 0.4) is 0 Å². The zero-order valence-corrected chi connectivity index (χ0v) is 18.0. The van der Waals surface area contributed by atoms with E-state index in [0.29, 0.717) is 20.7 Å². The third-order valence-corrected chi connectivity index (χ3v) is 6.30. The third-order valence-electron chi connectivity index (χ3n) is 4.33. The first kappa shape index (κ1) is 21.4. The van der Waals surface area contributed by atoms with E-state index >= 15 is 0 Å². The molecule has 1 aromatic heterocycles. The van der Waals surface area contributed by atoms with Gasteiger partial charge in [0.2, 0.25) is 11.0 Å². The molecule has 4 rings (SSSR count). The molecule has 1 heterocycles. The molecule has 3 aromatic carbocycles. The Hall–Kier alpha value is -3.83. The average molecular weight is 466 g/mol. The number of carbonyl (C=O) groups is 2. The van der Waals surface area contributed by atoms with Gasteiger partial charge < -0.3 is 5.32 Å². The molecule has 0 aliphatic rings. The first-order chi connectivity index (χ1) is 15.5. The van der Waals surface area contributed by atoms with Gasteiger partial charge in [-0.3, -0.25) is 25.0 Å². The average Bonchev–Trinajstić information content (AvgIpc) is 3.24. The normalized spacial score (nSPS) is 10.6. The highest BCUT2D eigenvalue weighted by atomic mass is 32.2. The molecule has 32 heavy (non-hydrogen) atoms. The van der Waals surface area contributed by atoms with Crippen molar-refractivity contribution in [2.75, 3.05) is 16.4 Å². The highest BCUT2D eigenvalue weighted by Gasteiger charge is 2.14. The number of carbonyl (C=O) groups excluding carboxylic acids is 2. The Morgan fingerprint density at radius 1 is 1.00 bits per heavy atom. The number of nitrogens with one attached hydrogen (secondary N) is 2. The van der Waals surface area contributed by atoms with Crippen LogP contribution < -0.4 is 10.6 Å². The summed E-state index contributed by atoms with van der Waals surface area (Å²) in [6.45, 7) is 0. The maximum Gasteiger partial charge on any atom is 0.271 e. The lowest BCUT2D eigenvalue weighted by Crippen LogP contribution is -2.14. The maximum absolute atomic E-state index is 12.7. The molecule has 11 heteroatoms. The minimum atomic E-state index is -0.528. The number of fused-ring (bicyclic) bond motifs is 1. The van der Waals surface area contributed by atoms with E-state index in [4.69, 9.17) is 0 Å². The predicted octanol–water partition coefficient (Wildman–Crippen LogP) is 4.58. The number of thioether (sulfide) groups is 1. The standard InChI is InChI=1S/C21H15N5O4S2/c27-18(22-14-7-4-8-15(11-14)26(29)30)12-31-21-25-24-20(32-21)23-19(28)17-10-3-6-13-5-1-2-9-16(13)17/h1-11H,12H2,(H,22,27)(H,23,24,28). The van der Waals surface area contributed by atoms with Gasteiger partial charge in [-0.15, -0.1) is 10.2 Å². The summed E-state index contributed by atoms with van der Waals surface area (Å²) in [5.41, 5.74) is 0.764. The van der Waals surface area contributed by atoms with Gasteiger partial charge in [-0.25, -0.2) is 0 Å². The molecular weight excluding hydrogens is 450 g/mol. The first-order valence-electron chi connectivity index (χ1n) is 9.29. The summed E-state index contributed by atoms with van der Waals surface area (Å²) in [4.78, 5) is 35.1. The van der Waals surface area contributed by atoms with Gasteiger partial charge in [-0.2, -0.15) is 0 Å². The topological polar surface area (TPSA) is 127 Å². The van der Waals surface area contributed by atoms with E-state index in [9.17, 15) is 19.7 Å². The number of nitro benzene ring substituents is 1. The minimum Gasteiger partial charge on any atom is -0.325 e. The fourth-order valence-corrected chi connectivity index (χ4v) is 4.48. The summed E-state index contributed by atoms with van der Waals surface area (Å²) < 4.78 is 0.507. The Bertz CT molecular complexity index is 1320. The highest BCUT2D eigenvalue weighted by Crippen LogP contribution is 2.27. The van der Waals surface area contributed by atoms with E-state index in [1.54, 1.807) is 12.1 Å². The number of hydrogen-bond donors (Lipinski definition) is 2. The van der Waals surface area contributed by atoms with Crippen LogP contribution in [0.1, 0.15) is 10.4 Å². The number of nitrogens with zero attached hydrogens (tertiary/aromatic N) is 3. The van der Waals surface area contributed by atoms with Gasteiger partial charge in [0.05, 0.1) is 10.7 Å². The fourth-order valence-electron chi connectivity index (χ4n) is 2.93. The van der Waals surface area contributed by atoms with Crippen LogP contribution in [0.15, 0.2) is 71.1 Å². The summed E-state index contributed by atoms with van der Waals surface area (Å²) in [5, 5.41) is 26.3. The smallest absolute Gasteiger partial charge is 0.271 e. The lowest BCUT2D eigenvalue weighted by Gasteiger charge is -2.05. The molecule has 0 saturated heterocycles. The van der Waals surface area contributed by atoms with Gasteiger partial charge >= 0.3 is 0 Å². The van der Waals surface area contributed by atoms with Crippen molar-refractivity contribution >= 4 is 62.2 Å². The molecule has 2 amide bonds. The summed E-state index contributed by atoms with van der Waals surface area (Å²) in [7, 11) is 0. The van der Waals surface area contributed by atoms with Crippen molar-refractivity contribution in [2.45, 2.75) is 4.34 Å². The number of rotatable bonds is 7. The van der Waals surface area contributed by atoms with Crippen LogP contribution in [0, 0.1) is 10.1 Å². The lowest BCUT2D eigenvalue weighted by molar-refractivity contribution is -0.384. The van der Waals surface area contributed by atoms with Crippen molar-refractivity contribution in [1.29, 1.82) is 0 Å². The van der Waals surface area contributed by atoms with Crippen LogP contribution in [-0.4, -0.2) is 32.7 Å². The number of anilines is 2. The van der Waals surface area contributed by atoms with Crippen molar-refractivity contribution in [1.82, 2.24) is 10.2 Å². The number of non-ortho nitro benzene ring substituents is 1. The monoisotopic (exact) mass is 465 g/mol. The van der Waals surface area contributed by atoms with E-state index in [1.165, 1.54) is 18.2 Å². The van der Waals surface area contributed by atoms with E-state index in [0.717, 1.165) is 33.9 Å². The molecule has 2 N–H and O–H groups in total. The van der Waals surface area contributed by atoms with Crippen molar-refractivity contribution in [3.8, 4) is 0 Å². The summed E-state index contributed by atoms with van der Waals surface area (Å²) in [6.07, 6.45) is 0. The second-order valence-corrected chi connectivity index (χ2v) is 8.70. The molecule has 0 atom stereocenters. The fraction of sp³-hybridized carbons (Fsp3) is 0.0476. The molecule has 0 bridgehead atoms. The number of aromatic nitrogens is 2. The largest absolute Gasteiger partial charge is 0.325 e. The van der Waals surface area contributed by atoms with E-state index < -0.39 is 4.92 Å². The van der Waals surface area contributed by atoms with Crippen LogP contribution in [0.25, 0.3) is 10.8 Å². The molecule has 0 radical (unpaired) electrons. The van der Waals surface area contributed by atoms with Crippen LogP contribution in [0.2, 0.25) is 0 Å². The first-order valence-corrected chi connectivity index (χ1v) is 11.1. The van der Waals surface area contributed by atoms with Crippen molar-refractivity contribution in [2.24, 2.45) is 0 Å². The molecule has 0 spiro atoms. The molecule has 4 aromatic rings. The molecule has 0 aliphatic heterocycles. The van der Waals surface area contributed by atoms with Crippen LogP contribution in [-0.2, 0) is 4.79 Å². The second-order valence-electron chi connectivity index (χ2n) is 6.50. The van der Waals surface area contributed by atoms with Crippen molar-refractivity contribution in [3.63, 3.8) is 0 Å². The van der Waals surface area contributed by atoms with Gasteiger partial charge in [0.25, 0.3) is 11.6 Å². The van der Waals surface area contributed by atoms with Crippen LogP contribution in [0.5, 0.6) is 0 Å². The number of benzene rings is 3. The molecular formula is C21H15N5O4S2. The van der Waals surface area contributed by atoms with E-state index in [1.807, 2.05) is 36.4 Å². The Balaban J connectivity index is 1.35. The third kappa shape index (κ3) is 5.07. The number of amides is 2. The minimum absolute atomic E-state index is 0.0363. The summed E-state index contributed by atoms with van der Waals surface area (Å²) >= 11 is 2.31. The summed E-state index contributed by atoms with van der Waals surface area (Å²) in [6, 6.07) is 18.8. The van der Waals surface area contributed by atoms with Gasteiger partial charge in [-0.1, -0.05) is 65.6 Å². The van der Waals surface area contributed by atoms with E-state index in [2.05, 4.69) is 20.8 Å². The second kappa shape index (κ2) is 9.54. The molecule has 9 nitrogen and oxygen atoms in total. The van der Waals surface area contributed by atoms with Gasteiger partial charge in [-0.05, 0) is 22.9 Å². The summed E-state index contributed by atoms with van der Waals surface area (Å²) in [5.74, 6) is -0.598. The molecule has 0 aliphatic carbocycles. The SMILES string of the molecule is O=C(CSc1nnc(NC(=O)c2cccc3ccccc23)s1)Nc1cccc([N+](=O)[O-])c1. The number of hydrogen-bond acceptors (Lipinski definition) is 8. The van der Waals surface area contributed by atoms with Crippen LogP contribution >= 0.6 is 23.1 Å². The Morgan fingerprint density at radius 2 is 1.78 bits per heavy atom. The van der Waals surface area contributed by atoms with Crippen molar-refractivity contribution in [3.05, 3.63) is 82.4 Å². The number of nitro groups is 1. The zero-order valence-electron chi connectivity index (χ0n) is 16.3. The van der Waals surface area contributed by atoms with Gasteiger partial charge in [0, 0.05) is 23.4 Å². The molecule has 0 fully saturated rings. The Labute approximate surface area is 190 Å². The van der Waals surface area contributed by atoms with Gasteiger partial charge in [0.15, 0.2) is 4.34 Å².